The lowest BCUT2D eigenvalue weighted by molar-refractivity contribution is 0.687. The highest BCUT2D eigenvalue weighted by atomic mass is 14.9. The van der Waals surface area contributed by atoms with Crippen molar-refractivity contribution in [1.82, 2.24) is 5.32 Å². The van der Waals surface area contributed by atoms with Gasteiger partial charge in [0.25, 0.3) is 0 Å². The third kappa shape index (κ3) is 4.13. The smallest absolute Gasteiger partial charge is 0.0416 e. The summed E-state index contributed by atoms with van der Waals surface area (Å²) in [6.45, 7) is 7.99. The van der Waals surface area contributed by atoms with Crippen molar-refractivity contribution in [3.05, 3.63) is 48.2 Å². The highest BCUT2D eigenvalue weighted by Crippen LogP contribution is 2.09. The molecular weight excluding hydrogens is 170 g/mol. The van der Waals surface area contributed by atoms with Crippen LogP contribution >= 0.6 is 0 Å². The lowest BCUT2D eigenvalue weighted by Crippen LogP contribution is -2.23. The Balaban J connectivity index is 2.40. The summed E-state index contributed by atoms with van der Waals surface area (Å²) >= 11 is 0. The van der Waals surface area contributed by atoms with Crippen molar-refractivity contribution >= 4 is 0 Å². The molecule has 1 heteroatoms. The second-order valence-corrected chi connectivity index (χ2v) is 3.80. The van der Waals surface area contributed by atoms with Crippen molar-refractivity contribution in [2.24, 2.45) is 0 Å². The Morgan fingerprint density at radius 3 is 3.00 bits per heavy atom. The molecule has 0 bridgehead atoms. The molecule has 1 N–H and O–H groups in total. The van der Waals surface area contributed by atoms with E-state index >= 15 is 0 Å². The van der Waals surface area contributed by atoms with E-state index in [1.807, 2.05) is 6.92 Å². The number of nitrogens with one attached hydrogen (secondary N) is 1. The molecule has 0 fully saturated rings. The van der Waals surface area contributed by atoms with Gasteiger partial charge in [-0.2, -0.15) is 0 Å². The molecule has 1 atom stereocenters. The molecule has 0 aliphatic heterocycles. The third-order valence-corrected chi connectivity index (χ3v) is 2.10. The molecule has 0 radical (unpaired) electrons. The van der Waals surface area contributed by atoms with Crippen molar-refractivity contribution in [3.63, 3.8) is 0 Å². The zero-order chi connectivity index (χ0) is 10.4. The van der Waals surface area contributed by atoms with Gasteiger partial charge in [0, 0.05) is 11.7 Å². The number of hydrogen-bond acceptors (Lipinski definition) is 1. The van der Waals surface area contributed by atoms with E-state index in [9.17, 15) is 0 Å². The lowest BCUT2D eigenvalue weighted by Gasteiger charge is -2.16. The van der Waals surface area contributed by atoms with Crippen molar-refractivity contribution in [2.75, 3.05) is 0 Å². The van der Waals surface area contributed by atoms with Crippen LogP contribution in [0.4, 0.5) is 0 Å². The monoisotopic (exact) mass is 189 g/mol. The third-order valence-electron chi connectivity index (χ3n) is 2.10. The fourth-order valence-corrected chi connectivity index (χ4v) is 1.37. The normalized spacial score (nSPS) is 18.0. The van der Waals surface area contributed by atoms with Gasteiger partial charge in [-0.1, -0.05) is 36.5 Å². The predicted octanol–water partition coefficient (Wildman–Crippen LogP) is 3.33. The first-order chi connectivity index (χ1) is 6.68. The molecule has 0 amide bonds. The van der Waals surface area contributed by atoms with E-state index in [0.29, 0.717) is 6.04 Å². The summed E-state index contributed by atoms with van der Waals surface area (Å²) in [6, 6.07) is 0.379. The molecule has 1 aliphatic carbocycles. The summed E-state index contributed by atoms with van der Waals surface area (Å²) in [5, 5.41) is 3.46. The number of hydrogen-bond donors (Lipinski definition) is 1. The first kappa shape index (κ1) is 10.8. The van der Waals surface area contributed by atoms with E-state index in [2.05, 4.69) is 49.2 Å². The van der Waals surface area contributed by atoms with Gasteiger partial charge in [0.05, 0.1) is 0 Å². The predicted molar refractivity (Wildman–Crippen MR) is 63.0 cm³/mol. The fourth-order valence-electron chi connectivity index (χ4n) is 1.37. The topological polar surface area (TPSA) is 12.0 Å². The SMILES string of the molecule is C=C(C)/C=C/[C@H](C)NC1=CC=CCC1. The van der Waals surface area contributed by atoms with Gasteiger partial charge in [0.15, 0.2) is 0 Å². The maximum atomic E-state index is 3.83. The minimum Gasteiger partial charge on any atom is -0.382 e. The first-order valence-corrected chi connectivity index (χ1v) is 5.14. The number of allylic oxidation sites excluding steroid dienone is 6. The first-order valence-electron chi connectivity index (χ1n) is 5.14. The highest BCUT2D eigenvalue weighted by molar-refractivity contribution is 5.19. The van der Waals surface area contributed by atoms with Crippen LogP contribution in [0.2, 0.25) is 0 Å². The molecule has 0 aromatic rings. The molecule has 14 heavy (non-hydrogen) atoms. The molecule has 0 aromatic heterocycles. The van der Waals surface area contributed by atoms with E-state index in [1.54, 1.807) is 0 Å². The van der Waals surface area contributed by atoms with Gasteiger partial charge in [0.1, 0.15) is 0 Å². The Bertz CT molecular complexity index is 282. The summed E-state index contributed by atoms with van der Waals surface area (Å²) in [6.07, 6.45) is 12.9. The van der Waals surface area contributed by atoms with Gasteiger partial charge < -0.3 is 5.32 Å². The molecule has 0 aromatic carbocycles. The fraction of sp³-hybridized carbons (Fsp3) is 0.385. The molecule has 1 rings (SSSR count). The van der Waals surface area contributed by atoms with Gasteiger partial charge in [-0.15, -0.1) is 0 Å². The molecular formula is C13H19N. The van der Waals surface area contributed by atoms with Gasteiger partial charge in [0.2, 0.25) is 0 Å². The van der Waals surface area contributed by atoms with Crippen molar-refractivity contribution < 1.29 is 0 Å². The Labute approximate surface area is 86.9 Å². The maximum absolute atomic E-state index is 3.83. The molecule has 0 spiro atoms. The van der Waals surface area contributed by atoms with Crippen molar-refractivity contribution in [1.29, 1.82) is 0 Å². The van der Waals surface area contributed by atoms with E-state index < -0.39 is 0 Å². The molecule has 0 saturated carbocycles. The van der Waals surface area contributed by atoms with Crippen LogP contribution in [0.15, 0.2) is 48.2 Å². The van der Waals surface area contributed by atoms with Crippen LogP contribution in [-0.2, 0) is 0 Å². The largest absolute Gasteiger partial charge is 0.382 e. The second kappa shape index (κ2) is 5.48. The molecule has 1 nitrogen and oxygen atoms in total. The maximum Gasteiger partial charge on any atom is 0.0416 e. The molecule has 0 saturated heterocycles. The van der Waals surface area contributed by atoms with Crippen LogP contribution < -0.4 is 5.32 Å². The average Bonchev–Trinajstić information content (AvgIpc) is 2.16. The standard InChI is InChI=1S/C13H19N/c1-11(2)9-10-12(3)14-13-7-5-4-6-8-13/h4-5,7,9-10,12,14H,1,6,8H2,2-3H3/b10-9+/t12-/m0/s1. The molecule has 0 unspecified atom stereocenters. The van der Waals surface area contributed by atoms with Crippen molar-refractivity contribution in [3.8, 4) is 0 Å². The summed E-state index contributed by atoms with van der Waals surface area (Å²) in [7, 11) is 0. The van der Waals surface area contributed by atoms with Crippen LogP contribution in [0.3, 0.4) is 0 Å². The van der Waals surface area contributed by atoms with Gasteiger partial charge in [-0.25, -0.2) is 0 Å². The van der Waals surface area contributed by atoms with E-state index in [-0.39, 0.29) is 0 Å². The van der Waals surface area contributed by atoms with Gasteiger partial charge >= 0.3 is 0 Å². The van der Waals surface area contributed by atoms with Crippen LogP contribution in [0.1, 0.15) is 26.7 Å². The van der Waals surface area contributed by atoms with Crippen LogP contribution in [0.25, 0.3) is 0 Å². The zero-order valence-electron chi connectivity index (χ0n) is 9.09. The minimum absolute atomic E-state index is 0.379. The van der Waals surface area contributed by atoms with E-state index in [4.69, 9.17) is 0 Å². The molecule has 0 heterocycles. The van der Waals surface area contributed by atoms with Crippen molar-refractivity contribution in [2.45, 2.75) is 32.7 Å². The summed E-state index contributed by atoms with van der Waals surface area (Å²) < 4.78 is 0. The Kier molecular flexibility index (Phi) is 4.24. The Morgan fingerprint density at radius 2 is 2.43 bits per heavy atom. The second-order valence-electron chi connectivity index (χ2n) is 3.80. The van der Waals surface area contributed by atoms with E-state index in [0.717, 1.165) is 18.4 Å². The molecule has 76 valence electrons. The van der Waals surface area contributed by atoms with Gasteiger partial charge in [-0.3, -0.25) is 0 Å². The van der Waals surface area contributed by atoms with Crippen LogP contribution in [0, 0.1) is 0 Å². The minimum atomic E-state index is 0.379. The number of rotatable bonds is 4. The van der Waals surface area contributed by atoms with Crippen LogP contribution in [-0.4, -0.2) is 6.04 Å². The zero-order valence-corrected chi connectivity index (χ0v) is 9.09. The molecule has 1 aliphatic rings. The summed E-state index contributed by atoms with van der Waals surface area (Å²) in [5.74, 6) is 0. The average molecular weight is 189 g/mol. The van der Waals surface area contributed by atoms with Crippen LogP contribution in [0.5, 0.6) is 0 Å². The quantitative estimate of drug-likeness (QED) is 0.669. The van der Waals surface area contributed by atoms with E-state index in [1.165, 1.54) is 5.70 Å². The lowest BCUT2D eigenvalue weighted by atomic mass is 10.1. The highest BCUT2D eigenvalue weighted by Gasteiger charge is 2.01. The summed E-state index contributed by atoms with van der Waals surface area (Å²) in [5.41, 5.74) is 2.42. The Morgan fingerprint density at radius 1 is 1.64 bits per heavy atom. The summed E-state index contributed by atoms with van der Waals surface area (Å²) in [4.78, 5) is 0. The Hall–Kier alpha value is -1.24. The van der Waals surface area contributed by atoms with Gasteiger partial charge in [-0.05, 0) is 32.8 Å².